The molecule has 2 N–H and O–H groups in total. The molecule has 1 aromatic heterocycles. The first-order valence-electron chi connectivity index (χ1n) is 10.7. The van der Waals surface area contributed by atoms with Gasteiger partial charge in [-0.1, -0.05) is 6.07 Å². The number of anilines is 1. The summed E-state index contributed by atoms with van der Waals surface area (Å²) in [5.74, 6) is 2.56. The van der Waals surface area contributed by atoms with Gasteiger partial charge in [0, 0.05) is 24.3 Å². The third-order valence-electron chi connectivity index (χ3n) is 5.82. The number of amides is 2. The minimum Gasteiger partial charge on any atom is -0.492 e. The number of hydrogen-bond donors (Lipinski definition) is 2. The summed E-state index contributed by atoms with van der Waals surface area (Å²) < 4.78 is 18.8. The molecule has 1 atom stereocenters. The van der Waals surface area contributed by atoms with Gasteiger partial charge in [0.25, 0.3) is 0 Å². The van der Waals surface area contributed by atoms with E-state index in [1.807, 2.05) is 44.3 Å². The highest BCUT2D eigenvalue weighted by Gasteiger charge is 2.37. The smallest absolute Gasteiger partial charge is 0.319 e. The van der Waals surface area contributed by atoms with E-state index in [1.165, 1.54) is 0 Å². The summed E-state index contributed by atoms with van der Waals surface area (Å²) in [6, 6.07) is 8.86. The van der Waals surface area contributed by atoms with Gasteiger partial charge in [-0.15, -0.1) is 5.10 Å². The molecular formula is C22H25N7O4. The molecular weight excluding hydrogens is 426 g/mol. The second-order valence-electron chi connectivity index (χ2n) is 7.83. The van der Waals surface area contributed by atoms with Gasteiger partial charge < -0.3 is 24.8 Å². The molecule has 0 radical (unpaired) electrons. The number of hydrogen-bond acceptors (Lipinski definition) is 8. The third-order valence-corrected chi connectivity index (χ3v) is 5.82. The van der Waals surface area contributed by atoms with Gasteiger partial charge in [0.2, 0.25) is 12.5 Å². The summed E-state index contributed by atoms with van der Waals surface area (Å²) in [5.41, 5.74) is 3.44. The van der Waals surface area contributed by atoms with Crippen molar-refractivity contribution in [3.05, 3.63) is 47.3 Å². The quantitative estimate of drug-likeness (QED) is 0.606. The molecule has 1 unspecified atom stereocenters. The predicted octanol–water partition coefficient (Wildman–Crippen LogP) is 2.12. The van der Waals surface area contributed by atoms with Gasteiger partial charge in [-0.05, 0) is 60.6 Å². The Morgan fingerprint density at radius 1 is 1.30 bits per heavy atom. The molecule has 2 aromatic carbocycles. The largest absolute Gasteiger partial charge is 0.492 e. The first kappa shape index (κ1) is 21.0. The van der Waals surface area contributed by atoms with Crippen LogP contribution in [-0.2, 0) is 6.42 Å². The van der Waals surface area contributed by atoms with Crippen molar-refractivity contribution < 1.29 is 19.0 Å². The zero-order valence-corrected chi connectivity index (χ0v) is 18.7. The average Bonchev–Trinajstić information content (AvgIpc) is 3.47. The molecule has 172 valence electrons. The molecule has 11 nitrogen and oxygen atoms in total. The van der Waals surface area contributed by atoms with Crippen LogP contribution in [-0.4, -0.2) is 65.2 Å². The number of likely N-dealkylation sites (N-methyl/N-ethyl adjacent to an activating group) is 1. The van der Waals surface area contributed by atoms with Crippen LogP contribution in [0.1, 0.15) is 29.9 Å². The van der Waals surface area contributed by atoms with Gasteiger partial charge in [-0.3, -0.25) is 4.90 Å². The Morgan fingerprint density at radius 2 is 2.18 bits per heavy atom. The topological polar surface area (TPSA) is 116 Å². The molecule has 2 amide bonds. The number of rotatable bonds is 5. The molecule has 0 fully saturated rings. The van der Waals surface area contributed by atoms with E-state index in [4.69, 9.17) is 14.2 Å². The highest BCUT2D eigenvalue weighted by Crippen LogP contribution is 2.50. The van der Waals surface area contributed by atoms with E-state index >= 15 is 0 Å². The van der Waals surface area contributed by atoms with Crippen LogP contribution in [0.5, 0.6) is 17.2 Å². The zero-order valence-electron chi connectivity index (χ0n) is 18.7. The second-order valence-corrected chi connectivity index (χ2v) is 7.83. The molecule has 11 heteroatoms. The van der Waals surface area contributed by atoms with Crippen molar-refractivity contribution in [1.82, 2.24) is 30.4 Å². The van der Waals surface area contributed by atoms with Crippen molar-refractivity contribution in [3.8, 4) is 22.9 Å². The lowest BCUT2D eigenvalue weighted by Gasteiger charge is -2.34. The van der Waals surface area contributed by atoms with Crippen LogP contribution < -0.4 is 24.8 Å². The molecule has 0 saturated carbocycles. The average molecular weight is 451 g/mol. The minimum atomic E-state index is -0.270. The molecule has 2 aliphatic rings. The van der Waals surface area contributed by atoms with E-state index in [0.717, 1.165) is 29.8 Å². The Bertz CT molecular complexity index is 1200. The normalized spacial score (nSPS) is 16.9. The van der Waals surface area contributed by atoms with Gasteiger partial charge in [-0.25, -0.2) is 4.79 Å². The lowest BCUT2D eigenvalue weighted by Crippen LogP contribution is -2.35. The Kier molecular flexibility index (Phi) is 5.47. The van der Waals surface area contributed by atoms with Gasteiger partial charge in [0.15, 0.2) is 17.3 Å². The summed E-state index contributed by atoms with van der Waals surface area (Å²) in [6.45, 7) is 3.38. The SMILES string of the molecule is CCNC(=O)Nc1cccc(-n2nnnc2C2c3c(cc4c(c3OC)OCO4)CCN2C)c1. The number of carbonyl (C=O) groups excluding carboxylic acids is 1. The van der Waals surface area contributed by atoms with E-state index in [2.05, 4.69) is 31.1 Å². The Hall–Kier alpha value is -3.86. The molecule has 3 aromatic rings. The lowest BCUT2D eigenvalue weighted by atomic mass is 9.90. The van der Waals surface area contributed by atoms with Crippen molar-refractivity contribution in [1.29, 1.82) is 0 Å². The Balaban J connectivity index is 1.58. The van der Waals surface area contributed by atoms with E-state index in [0.29, 0.717) is 35.3 Å². The van der Waals surface area contributed by atoms with Crippen molar-refractivity contribution in [2.24, 2.45) is 0 Å². The monoisotopic (exact) mass is 451 g/mol. The molecule has 2 aliphatic heterocycles. The number of nitrogens with one attached hydrogen (secondary N) is 2. The summed E-state index contributed by atoms with van der Waals surface area (Å²) >= 11 is 0. The van der Waals surface area contributed by atoms with Crippen molar-refractivity contribution >= 4 is 11.7 Å². The number of methoxy groups -OCH3 is 1. The number of nitrogens with zero attached hydrogens (tertiary/aromatic N) is 5. The van der Waals surface area contributed by atoms with E-state index < -0.39 is 0 Å². The van der Waals surface area contributed by atoms with Crippen molar-refractivity contribution in [2.75, 3.05) is 39.4 Å². The molecule has 0 bridgehead atoms. The van der Waals surface area contributed by atoms with Crippen LogP contribution in [0.25, 0.3) is 5.69 Å². The van der Waals surface area contributed by atoms with Crippen LogP contribution >= 0.6 is 0 Å². The maximum Gasteiger partial charge on any atom is 0.319 e. The van der Waals surface area contributed by atoms with E-state index in [-0.39, 0.29) is 18.9 Å². The Morgan fingerprint density at radius 3 is 3.00 bits per heavy atom. The van der Waals surface area contributed by atoms with Crippen molar-refractivity contribution in [3.63, 3.8) is 0 Å². The van der Waals surface area contributed by atoms with Gasteiger partial charge in [0.05, 0.1) is 12.8 Å². The van der Waals surface area contributed by atoms with Crippen LogP contribution in [0.2, 0.25) is 0 Å². The molecule has 33 heavy (non-hydrogen) atoms. The summed E-state index contributed by atoms with van der Waals surface area (Å²) in [6.07, 6.45) is 0.836. The standard InChI is InChI=1S/C22H25N7O4/c1-4-23-22(30)24-14-6-5-7-15(11-14)29-21(25-26-27-29)18-17-13(8-9-28(18)2)10-16-19(20(17)31-3)33-12-32-16/h5-7,10-11,18H,4,8-9,12H2,1-3H3,(H2,23,24,30). The molecule has 5 rings (SSSR count). The number of benzene rings is 2. The highest BCUT2D eigenvalue weighted by molar-refractivity contribution is 5.89. The fourth-order valence-corrected chi connectivity index (χ4v) is 4.36. The Labute approximate surface area is 190 Å². The predicted molar refractivity (Wildman–Crippen MR) is 119 cm³/mol. The fourth-order valence-electron chi connectivity index (χ4n) is 4.36. The van der Waals surface area contributed by atoms with Gasteiger partial charge in [-0.2, -0.15) is 4.68 Å². The second kappa shape index (κ2) is 8.58. The van der Waals surface area contributed by atoms with Crippen LogP contribution in [0.15, 0.2) is 30.3 Å². The summed E-state index contributed by atoms with van der Waals surface area (Å²) in [5, 5.41) is 18.2. The fraction of sp³-hybridized carbons (Fsp3) is 0.364. The van der Waals surface area contributed by atoms with Crippen LogP contribution in [0.4, 0.5) is 10.5 Å². The molecule has 0 aliphatic carbocycles. The van der Waals surface area contributed by atoms with Gasteiger partial charge in [0.1, 0.15) is 6.04 Å². The third kappa shape index (κ3) is 3.69. The maximum atomic E-state index is 12.0. The highest BCUT2D eigenvalue weighted by atomic mass is 16.7. The summed E-state index contributed by atoms with van der Waals surface area (Å²) in [4.78, 5) is 14.1. The molecule has 3 heterocycles. The number of fused-ring (bicyclic) bond motifs is 2. The van der Waals surface area contributed by atoms with E-state index in [1.54, 1.807) is 11.8 Å². The number of carbonyl (C=O) groups is 1. The minimum absolute atomic E-state index is 0.165. The van der Waals surface area contributed by atoms with Crippen LogP contribution in [0, 0.1) is 0 Å². The number of urea groups is 1. The first-order valence-corrected chi connectivity index (χ1v) is 10.7. The molecule has 0 spiro atoms. The van der Waals surface area contributed by atoms with Crippen LogP contribution in [0.3, 0.4) is 0 Å². The van der Waals surface area contributed by atoms with Gasteiger partial charge >= 0.3 is 6.03 Å². The molecule has 0 saturated heterocycles. The van der Waals surface area contributed by atoms with E-state index in [9.17, 15) is 4.79 Å². The zero-order chi connectivity index (χ0) is 22.9. The first-order chi connectivity index (χ1) is 16.1. The van der Waals surface area contributed by atoms with Crippen molar-refractivity contribution in [2.45, 2.75) is 19.4 Å². The number of tetrazole rings is 1. The number of aromatic nitrogens is 4. The number of ether oxygens (including phenoxy) is 3. The maximum absolute atomic E-state index is 12.0. The summed E-state index contributed by atoms with van der Waals surface area (Å²) in [7, 11) is 3.66. The lowest BCUT2D eigenvalue weighted by molar-refractivity contribution is 0.170.